The minimum absolute atomic E-state index is 0. The number of carbonyl (C=O) groups is 1. The van der Waals surface area contributed by atoms with Crippen molar-refractivity contribution in [2.75, 3.05) is 0 Å². The van der Waals surface area contributed by atoms with Crippen LogP contribution in [0.4, 0.5) is 0 Å². The van der Waals surface area contributed by atoms with Crippen LogP contribution in [0.15, 0.2) is 6.20 Å². The van der Waals surface area contributed by atoms with E-state index < -0.39 is 6.04 Å². The van der Waals surface area contributed by atoms with Crippen molar-refractivity contribution in [1.82, 2.24) is 15.1 Å². The first-order chi connectivity index (χ1) is 7.43. The highest BCUT2D eigenvalue weighted by Gasteiger charge is 2.17. The molecule has 0 unspecified atom stereocenters. The molecule has 0 aromatic carbocycles. The summed E-state index contributed by atoms with van der Waals surface area (Å²) in [5.41, 5.74) is 7.81. The molecule has 5 nitrogen and oxygen atoms in total. The van der Waals surface area contributed by atoms with Crippen molar-refractivity contribution in [2.45, 2.75) is 33.4 Å². The predicted octanol–water partition coefficient (Wildman–Crippen LogP) is 0.750. The molecule has 6 heteroatoms. The number of rotatable bonds is 4. The van der Waals surface area contributed by atoms with Gasteiger partial charge in [0.05, 0.1) is 12.2 Å². The summed E-state index contributed by atoms with van der Waals surface area (Å²) in [5, 5.41) is 6.93. The van der Waals surface area contributed by atoms with Gasteiger partial charge in [-0.05, 0) is 12.8 Å². The van der Waals surface area contributed by atoms with Crippen LogP contribution >= 0.6 is 12.4 Å². The summed E-state index contributed by atoms with van der Waals surface area (Å²) in [6.07, 6.45) is 1.76. The van der Waals surface area contributed by atoms with E-state index >= 15 is 0 Å². The maximum absolute atomic E-state index is 11.6. The Kier molecular flexibility index (Phi) is 6.20. The van der Waals surface area contributed by atoms with Crippen LogP contribution in [0.25, 0.3) is 0 Å². The van der Waals surface area contributed by atoms with Gasteiger partial charge in [-0.3, -0.25) is 9.48 Å². The molecule has 0 fully saturated rings. The summed E-state index contributed by atoms with van der Waals surface area (Å²) in [6, 6.07) is -0.447. The van der Waals surface area contributed by atoms with Crippen LogP contribution in [0.1, 0.15) is 25.1 Å². The average molecular weight is 261 g/mol. The Morgan fingerprint density at radius 2 is 2.18 bits per heavy atom. The standard InChI is InChI=1S/C11H20N4O.ClH/c1-7(2)10(12)11(16)13-5-9-6-14-15(4)8(9)3;/h6-7,10H,5,12H2,1-4H3,(H,13,16);1H/t10-;/m0./s1. The number of aryl methyl sites for hydroxylation is 1. The van der Waals surface area contributed by atoms with Crippen LogP contribution in [0.2, 0.25) is 0 Å². The number of nitrogens with one attached hydrogen (secondary N) is 1. The lowest BCUT2D eigenvalue weighted by Crippen LogP contribution is -2.43. The quantitative estimate of drug-likeness (QED) is 0.839. The second kappa shape index (κ2) is 6.61. The maximum atomic E-state index is 11.6. The summed E-state index contributed by atoms with van der Waals surface area (Å²) in [4.78, 5) is 11.6. The minimum Gasteiger partial charge on any atom is -0.351 e. The van der Waals surface area contributed by atoms with Crippen molar-refractivity contribution in [2.24, 2.45) is 18.7 Å². The summed E-state index contributed by atoms with van der Waals surface area (Å²) in [7, 11) is 1.88. The fourth-order valence-electron chi connectivity index (χ4n) is 1.32. The molecule has 1 aromatic heterocycles. The topological polar surface area (TPSA) is 72.9 Å². The molecule has 0 aliphatic rings. The van der Waals surface area contributed by atoms with Crippen LogP contribution in [0.3, 0.4) is 0 Å². The fraction of sp³-hybridized carbons (Fsp3) is 0.636. The summed E-state index contributed by atoms with van der Waals surface area (Å²) in [5.74, 6) is 0.0354. The molecule has 1 heterocycles. The van der Waals surface area contributed by atoms with E-state index in [0.29, 0.717) is 6.54 Å². The Morgan fingerprint density at radius 1 is 1.59 bits per heavy atom. The molecule has 0 bridgehead atoms. The number of aromatic nitrogens is 2. The first-order valence-corrected chi connectivity index (χ1v) is 5.44. The third kappa shape index (κ3) is 4.02. The van der Waals surface area contributed by atoms with Crippen LogP contribution in [-0.2, 0) is 18.4 Å². The highest BCUT2D eigenvalue weighted by Crippen LogP contribution is 2.05. The molecule has 17 heavy (non-hydrogen) atoms. The van der Waals surface area contributed by atoms with Gasteiger partial charge in [-0.2, -0.15) is 5.10 Å². The van der Waals surface area contributed by atoms with Gasteiger partial charge in [0.25, 0.3) is 0 Å². The number of amides is 1. The number of nitrogens with zero attached hydrogens (tertiary/aromatic N) is 2. The smallest absolute Gasteiger partial charge is 0.237 e. The zero-order valence-electron chi connectivity index (χ0n) is 10.7. The van der Waals surface area contributed by atoms with Gasteiger partial charge in [0.15, 0.2) is 0 Å². The van der Waals surface area contributed by atoms with Gasteiger partial charge in [-0.1, -0.05) is 13.8 Å². The third-order valence-electron chi connectivity index (χ3n) is 2.81. The molecule has 1 aromatic rings. The van der Waals surface area contributed by atoms with Crippen LogP contribution in [-0.4, -0.2) is 21.7 Å². The lowest BCUT2D eigenvalue weighted by molar-refractivity contribution is -0.123. The van der Waals surface area contributed by atoms with E-state index in [1.807, 2.05) is 27.8 Å². The Balaban J connectivity index is 0.00000256. The van der Waals surface area contributed by atoms with Gasteiger partial charge >= 0.3 is 0 Å². The highest BCUT2D eigenvalue weighted by atomic mass is 35.5. The lowest BCUT2D eigenvalue weighted by Gasteiger charge is -2.15. The molecule has 1 rings (SSSR count). The first kappa shape index (κ1) is 15.9. The predicted molar refractivity (Wildman–Crippen MR) is 69.9 cm³/mol. The monoisotopic (exact) mass is 260 g/mol. The van der Waals surface area contributed by atoms with Crippen LogP contribution < -0.4 is 11.1 Å². The van der Waals surface area contributed by atoms with Crippen molar-refractivity contribution in [3.8, 4) is 0 Å². The van der Waals surface area contributed by atoms with Crippen molar-refractivity contribution in [3.63, 3.8) is 0 Å². The number of nitrogens with two attached hydrogens (primary N) is 1. The Bertz CT molecular complexity index is 376. The van der Waals surface area contributed by atoms with E-state index in [4.69, 9.17) is 5.73 Å². The van der Waals surface area contributed by atoms with Gasteiger partial charge in [0.1, 0.15) is 0 Å². The fourth-order valence-corrected chi connectivity index (χ4v) is 1.32. The molecular weight excluding hydrogens is 240 g/mol. The number of halogens is 1. The zero-order chi connectivity index (χ0) is 12.3. The van der Waals surface area contributed by atoms with Crippen molar-refractivity contribution in [3.05, 3.63) is 17.5 Å². The lowest BCUT2D eigenvalue weighted by atomic mass is 10.1. The highest BCUT2D eigenvalue weighted by molar-refractivity contribution is 5.85. The molecule has 0 aliphatic heterocycles. The molecule has 1 atom stereocenters. The Morgan fingerprint density at radius 3 is 2.59 bits per heavy atom. The van der Waals surface area contributed by atoms with Gasteiger partial charge in [-0.15, -0.1) is 12.4 Å². The van der Waals surface area contributed by atoms with Crippen molar-refractivity contribution >= 4 is 18.3 Å². The SMILES string of the molecule is Cc1c(CNC(=O)[C@@H](N)C(C)C)cnn1C.Cl. The van der Waals surface area contributed by atoms with E-state index in [9.17, 15) is 4.79 Å². The molecule has 3 N–H and O–H groups in total. The zero-order valence-corrected chi connectivity index (χ0v) is 11.5. The van der Waals surface area contributed by atoms with E-state index in [2.05, 4.69) is 10.4 Å². The number of hydrogen-bond acceptors (Lipinski definition) is 3. The molecule has 0 radical (unpaired) electrons. The first-order valence-electron chi connectivity index (χ1n) is 5.44. The number of carbonyl (C=O) groups excluding carboxylic acids is 1. The Labute approximate surface area is 108 Å². The molecule has 0 spiro atoms. The molecule has 0 saturated carbocycles. The van der Waals surface area contributed by atoms with Gasteiger partial charge < -0.3 is 11.1 Å². The van der Waals surface area contributed by atoms with Crippen molar-refractivity contribution < 1.29 is 4.79 Å². The van der Waals surface area contributed by atoms with Crippen LogP contribution in [0, 0.1) is 12.8 Å². The maximum Gasteiger partial charge on any atom is 0.237 e. The van der Waals surface area contributed by atoms with Gasteiger partial charge in [0, 0.05) is 24.8 Å². The number of hydrogen-bond donors (Lipinski definition) is 2. The van der Waals surface area contributed by atoms with Gasteiger partial charge in [0.2, 0.25) is 5.91 Å². The van der Waals surface area contributed by atoms with Gasteiger partial charge in [-0.25, -0.2) is 0 Å². The Hall–Kier alpha value is -1.07. The van der Waals surface area contributed by atoms with Crippen LogP contribution in [0.5, 0.6) is 0 Å². The largest absolute Gasteiger partial charge is 0.351 e. The van der Waals surface area contributed by atoms with E-state index in [0.717, 1.165) is 11.3 Å². The second-order valence-corrected chi connectivity index (χ2v) is 4.37. The summed E-state index contributed by atoms with van der Waals surface area (Å²) >= 11 is 0. The summed E-state index contributed by atoms with van der Waals surface area (Å²) in [6.45, 7) is 6.31. The minimum atomic E-state index is -0.447. The molecule has 98 valence electrons. The molecular formula is C11H21ClN4O. The molecule has 0 aliphatic carbocycles. The molecule has 0 saturated heterocycles. The molecule has 1 amide bonds. The second-order valence-electron chi connectivity index (χ2n) is 4.37. The van der Waals surface area contributed by atoms with E-state index in [1.54, 1.807) is 10.9 Å². The van der Waals surface area contributed by atoms with Crippen molar-refractivity contribution in [1.29, 1.82) is 0 Å². The summed E-state index contributed by atoms with van der Waals surface area (Å²) < 4.78 is 1.78. The average Bonchev–Trinajstić information content (AvgIpc) is 2.55. The normalized spacial score (nSPS) is 12.1. The third-order valence-corrected chi connectivity index (χ3v) is 2.81. The van der Waals surface area contributed by atoms with E-state index in [1.165, 1.54) is 0 Å². The van der Waals surface area contributed by atoms with E-state index in [-0.39, 0.29) is 24.2 Å².